The Morgan fingerprint density at radius 2 is 2.26 bits per heavy atom. The number of aryl methyl sites for hydroxylation is 1. The largest absolute Gasteiger partial charge is 0.480 e. The summed E-state index contributed by atoms with van der Waals surface area (Å²) in [6, 6.07) is 3.49. The van der Waals surface area contributed by atoms with E-state index in [-0.39, 0.29) is 11.9 Å². The van der Waals surface area contributed by atoms with E-state index in [2.05, 4.69) is 38.9 Å². The third-order valence-corrected chi connectivity index (χ3v) is 4.04. The van der Waals surface area contributed by atoms with Crippen molar-refractivity contribution in [3.8, 4) is 5.88 Å². The number of aromatic nitrogens is 4. The molecule has 0 radical (unpaired) electrons. The molecule has 7 heteroatoms. The van der Waals surface area contributed by atoms with Gasteiger partial charge in [-0.3, -0.25) is 4.79 Å². The molecule has 0 aromatic carbocycles. The number of rotatable bonds is 4. The van der Waals surface area contributed by atoms with Gasteiger partial charge in [-0.05, 0) is 18.6 Å². The van der Waals surface area contributed by atoms with Crippen LogP contribution in [0.25, 0.3) is 0 Å². The van der Waals surface area contributed by atoms with E-state index < -0.39 is 0 Å². The predicted molar refractivity (Wildman–Crippen MR) is 84.5 cm³/mol. The highest BCUT2D eigenvalue weighted by Gasteiger charge is 2.26. The molecule has 1 N–H and O–H groups in total. The van der Waals surface area contributed by atoms with E-state index in [4.69, 9.17) is 4.74 Å². The molecule has 0 saturated carbocycles. The summed E-state index contributed by atoms with van der Waals surface area (Å²) in [4.78, 5) is 16.6. The van der Waals surface area contributed by atoms with Crippen LogP contribution in [0.5, 0.6) is 5.88 Å². The molecule has 0 spiro atoms. The van der Waals surface area contributed by atoms with Crippen LogP contribution in [-0.2, 0) is 13.0 Å². The van der Waals surface area contributed by atoms with Gasteiger partial charge >= 0.3 is 0 Å². The standard InChI is InChI=1S/C16H21N5O2/c1-10(2)14-20-19-13-7-6-11(9-21(13)14)18-15(22)12-5-4-8-17-16(12)23-3/h4-5,8,10-11H,6-7,9H2,1-3H3,(H,18,22). The third kappa shape index (κ3) is 3.04. The minimum Gasteiger partial charge on any atom is -0.480 e. The number of carbonyl (C=O) groups is 1. The minimum atomic E-state index is -0.164. The highest BCUT2D eigenvalue weighted by atomic mass is 16.5. The van der Waals surface area contributed by atoms with Gasteiger partial charge in [0, 0.05) is 31.1 Å². The van der Waals surface area contributed by atoms with Crippen LogP contribution in [0.1, 0.15) is 48.2 Å². The number of amides is 1. The quantitative estimate of drug-likeness (QED) is 0.925. The van der Waals surface area contributed by atoms with Gasteiger partial charge < -0.3 is 14.6 Å². The first kappa shape index (κ1) is 15.5. The van der Waals surface area contributed by atoms with E-state index in [0.29, 0.717) is 23.9 Å². The molecule has 1 amide bonds. The third-order valence-electron chi connectivity index (χ3n) is 4.04. The molecule has 0 aliphatic carbocycles. The summed E-state index contributed by atoms with van der Waals surface area (Å²) in [7, 11) is 1.51. The first-order chi connectivity index (χ1) is 11.1. The fraction of sp³-hybridized carbons (Fsp3) is 0.500. The summed E-state index contributed by atoms with van der Waals surface area (Å²) < 4.78 is 7.28. The zero-order valence-corrected chi connectivity index (χ0v) is 13.6. The molecule has 3 rings (SSSR count). The summed E-state index contributed by atoms with van der Waals surface area (Å²) in [5, 5.41) is 11.6. The zero-order chi connectivity index (χ0) is 16.4. The van der Waals surface area contributed by atoms with Crippen molar-refractivity contribution in [2.24, 2.45) is 0 Å². The average Bonchev–Trinajstić information content (AvgIpc) is 2.98. The second-order valence-corrected chi connectivity index (χ2v) is 6.01. The Morgan fingerprint density at radius 3 is 3.00 bits per heavy atom. The minimum absolute atomic E-state index is 0.0495. The maximum atomic E-state index is 12.5. The molecule has 23 heavy (non-hydrogen) atoms. The molecule has 1 unspecified atom stereocenters. The van der Waals surface area contributed by atoms with Gasteiger partial charge in [-0.2, -0.15) is 0 Å². The molecular formula is C16H21N5O2. The van der Waals surface area contributed by atoms with Gasteiger partial charge in [0.05, 0.1) is 7.11 Å². The number of nitrogens with one attached hydrogen (secondary N) is 1. The zero-order valence-electron chi connectivity index (χ0n) is 13.6. The van der Waals surface area contributed by atoms with Crippen molar-refractivity contribution in [2.75, 3.05) is 7.11 Å². The number of ether oxygens (including phenoxy) is 1. The number of hydrogen-bond acceptors (Lipinski definition) is 5. The summed E-state index contributed by atoms with van der Waals surface area (Å²) in [5.74, 6) is 2.46. The fourth-order valence-corrected chi connectivity index (χ4v) is 2.88. The van der Waals surface area contributed by atoms with Gasteiger partial charge in [-0.15, -0.1) is 10.2 Å². The molecule has 0 saturated heterocycles. The molecule has 1 aliphatic heterocycles. The van der Waals surface area contributed by atoms with Crippen LogP contribution in [0, 0.1) is 0 Å². The lowest BCUT2D eigenvalue weighted by molar-refractivity contribution is 0.0923. The Labute approximate surface area is 135 Å². The van der Waals surface area contributed by atoms with Gasteiger partial charge in [0.1, 0.15) is 17.2 Å². The second-order valence-electron chi connectivity index (χ2n) is 6.01. The maximum absolute atomic E-state index is 12.5. The second kappa shape index (κ2) is 6.36. The summed E-state index contributed by atoms with van der Waals surface area (Å²) >= 11 is 0. The van der Waals surface area contributed by atoms with Crippen molar-refractivity contribution < 1.29 is 9.53 Å². The SMILES string of the molecule is COc1ncccc1C(=O)NC1CCc2nnc(C(C)C)n2C1. The molecule has 3 heterocycles. The molecule has 0 bridgehead atoms. The molecule has 1 aliphatic rings. The molecule has 2 aromatic heterocycles. The number of carbonyl (C=O) groups excluding carboxylic acids is 1. The van der Waals surface area contributed by atoms with Crippen molar-refractivity contribution in [2.45, 2.75) is 45.2 Å². The number of hydrogen-bond donors (Lipinski definition) is 1. The monoisotopic (exact) mass is 315 g/mol. The van der Waals surface area contributed by atoms with Gasteiger partial charge in [0.25, 0.3) is 5.91 Å². The lowest BCUT2D eigenvalue weighted by Gasteiger charge is -2.26. The van der Waals surface area contributed by atoms with Crippen LogP contribution in [0.15, 0.2) is 18.3 Å². The predicted octanol–water partition coefficient (Wildman–Crippen LogP) is 1.55. The summed E-state index contributed by atoms with van der Waals surface area (Å²) in [5.41, 5.74) is 0.452. The fourth-order valence-electron chi connectivity index (χ4n) is 2.88. The Kier molecular flexibility index (Phi) is 4.27. The Hall–Kier alpha value is -2.44. The van der Waals surface area contributed by atoms with E-state index in [1.807, 2.05) is 0 Å². The van der Waals surface area contributed by atoms with E-state index in [1.54, 1.807) is 18.3 Å². The van der Waals surface area contributed by atoms with E-state index in [0.717, 1.165) is 24.5 Å². The van der Waals surface area contributed by atoms with Crippen molar-refractivity contribution in [1.82, 2.24) is 25.1 Å². The van der Waals surface area contributed by atoms with E-state index >= 15 is 0 Å². The van der Waals surface area contributed by atoms with Gasteiger partial charge in [0.2, 0.25) is 5.88 Å². The highest BCUT2D eigenvalue weighted by molar-refractivity contribution is 5.96. The van der Waals surface area contributed by atoms with Gasteiger partial charge in [-0.25, -0.2) is 4.98 Å². The van der Waals surface area contributed by atoms with Gasteiger partial charge in [-0.1, -0.05) is 13.8 Å². The average molecular weight is 315 g/mol. The number of nitrogens with zero attached hydrogens (tertiary/aromatic N) is 4. The van der Waals surface area contributed by atoms with Crippen molar-refractivity contribution in [1.29, 1.82) is 0 Å². The van der Waals surface area contributed by atoms with E-state index in [9.17, 15) is 4.79 Å². The van der Waals surface area contributed by atoms with Crippen LogP contribution < -0.4 is 10.1 Å². The van der Waals surface area contributed by atoms with Crippen LogP contribution in [0.2, 0.25) is 0 Å². The number of fused-ring (bicyclic) bond motifs is 1. The van der Waals surface area contributed by atoms with E-state index in [1.165, 1.54) is 7.11 Å². The normalized spacial score (nSPS) is 17.0. The first-order valence-corrected chi connectivity index (χ1v) is 7.82. The number of methoxy groups -OCH3 is 1. The first-order valence-electron chi connectivity index (χ1n) is 7.82. The molecule has 7 nitrogen and oxygen atoms in total. The van der Waals surface area contributed by atoms with Crippen LogP contribution in [-0.4, -0.2) is 38.8 Å². The van der Waals surface area contributed by atoms with Crippen molar-refractivity contribution >= 4 is 5.91 Å². The van der Waals surface area contributed by atoms with Crippen LogP contribution in [0.4, 0.5) is 0 Å². The topological polar surface area (TPSA) is 81.9 Å². The maximum Gasteiger partial charge on any atom is 0.257 e. The Bertz CT molecular complexity index is 710. The molecule has 122 valence electrons. The molecule has 2 aromatic rings. The smallest absolute Gasteiger partial charge is 0.257 e. The summed E-state index contributed by atoms with van der Waals surface area (Å²) in [6.45, 7) is 4.89. The van der Waals surface area contributed by atoms with Crippen LogP contribution >= 0.6 is 0 Å². The molecular weight excluding hydrogens is 294 g/mol. The Balaban J connectivity index is 1.74. The lowest BCUT2D eigenvalue weighted by Crippen LogP contribution is -2.41. The lowest BCUT2D eigenvalue weighted by atomic mass is 10.1. The van der Waals surface area contributed by atoms with Crippen molar-refractivity contribution in [3.63, 3.8) is 0 Å². The van der Waals surface area contributed by atoms with Gasteiger partial charge in [0.15, 0.2) is 0 Å². The number of pyridine rings is 1. The highest BCUT2D eigenvalue weighted by Crippen LogP contribution is 2.21. The molecule has 0 fully saturated rings. The van der Waals surface area contributed by atoms with Crippen LogP contribution in [0.3, 0.4) is 0 Å². The molecule has 1 atom stereocenters. The Morgan fingerprint density at radius 1 is 1.43 bits per heavy atom. The summed E-state index contributed by atoms with van der Waals surface area (Å²) in [6.07, 6.45) is 3.27. The van der Waals surface area contributed by atoms with Crippen molar-refractivity contribution in [3.05, 3.63) is 35.5 Å².